The fourth-order valence-electron chi connectivity index (χ4n) is 4.95. The normalized spacial score (nSPS) is 23.2. The van der Waals surface area contributed by atoms with Gasteiger partial charge in [0.15, 0.2) is 5.78 Å². The van der Waals surface area contributed by atoms with Gasteiger partial charge in [0.1, 0.15) is 6.04 Å². The molecule has 3 amide bonds. The van der Waals surface area contributed by atoms with Gasteiger partial charge in [0.25, 0.3) is 17.7 Å². The van der Waals surface area contributed by atoms with E-state index in [1.807, 2.05) is 0 Å². The highest BCUT2D eigenvalue weighted by Crippen LogP contribution is 2.42. The summed E-state index contributed by atoms with van der Waals surface area (Å²) in [4.78, 5) is 54.1. The van der Waals surface area contributed by atoms with Crippen LogP contribution in [0.4, 0.5) is 0 Å². The Balaban J connectivity index is 1.78. The molecule has 0 N–H and O–H groups in total. The highest BCUT2D eigenvalue weighted by molar-refractivity contribution is 6.30. The van der Waals surface area contributed by atoms with Gasteiger partial charge in [-0.15, -0.1) is 0 Å². The molecule has 0 radical (unpaired) electrons. The second-order valence-electron chi connectivity index (χ2n) is 8.93. The molecular formula is C26H27ClN2O4. The molecule has 2 aromatic rings. The van der Waals surface area contributed by atoms with E-state index in [1.165, 1.54) is 12.1 Å². The zero-order valence-electron chi connectivity index (χ0n) is 18.7. The van der Waals surface area contributed by atoms with Crippen molar-refractivity contribution in [1.82, 2.24) is 10.0 Å². The van der Waals surface area contributed by atoms with Crippen molar-refractivity contribution in [3.8, 4) is 0 Å². The first-order valence-corrected chi connectivity index (χ1v) is 11.8. The summed E-state index contributed by atoms with van der Waals surface area (Å²) >= 11 is 5.99. The summed E-state index contributed by atoms with van der Waals surface area (Å²) in [6, 6.07) is 13.9. The van der Waals surface area contributed by atoms with Gasteiger partial charge >= 0.3 is 0 Å². The minimum Gasteiger partial charge on any atom is -0.292 e. The minimum absolute atomic E-state index is 0.246. The van der Waals surface area contributed by atoms with Gasteiger partial charge in [0.05, 0.1) is 11.8 Å². The van der Waals surface area contributed by atoms with Crippen LogP contribution in [-0.4, -0.2) is 39.6 Å². The molecule has 2 aromatic carbocycles. The maximum atomic E-state index is 13.7. The number of carbonyl (C=O) groups is 4. The van der Waals surface area contributed by atoms with Gasteiger partial charge in [-0.05, 0) is 55.9 Å². The fourth-order valence-corrected chi connectivity index (χ4v) is 5.07. The highest BCUT2D eigenvalue weighted by Gasteiger charge is 2.54. The molecule has 0 aromatic heterocycles. The van der Waals surface area contributed by atoms with Gasteiger partial charge in [0, 0.05) is 16.1 Å². The van der Waals surface area contributed by atoms with E-state index in [2.05, 4.69) is 6.92 Å². The second kappa shape index (κ2) is 9.48. The molecular weight excluding hydrogens is 440 g/mol. The van der Waals surface area contributed by atoms with Crippen LogP contribution in [0.3, 0.4) is 0 Å². The van der Waals surface area contributed by atoms with E-state index in [9.17, 15) is 19.2 Å². The number of halogens is 1. The van der Waals surface area contributed by atoms with E-state index in [0.717, 1.165) is 16.4 Å². The highest BCUT2D eigenvalue weighted by atomic mass is 35.5. The molecule has 4 atom stereocenters. The van der Waals surface area contributed by atoms with Gasteiger partial charge in [-0.1, -0.05) is 55.8 Å². The van der Waals surface area contributed by atoms with E-state index >= 15 is 0 Å². The molecule has 172 valence electrons. The summed E-state index contributed by atoms with van der Waals surface area (Å²) < 4.78 is 0. The van der Waals surface area contributed by atoms with Crippen LogP contribution in [0.2, 0.25) is 5.02 Å². The Morgan fingerprint density at radius 2 is 1.61 bits per heavy atom. The van der Waals surface area contributed by atoms with E-state index in [-0.39, 0.29) is 17.8 Å². The first-order valence-electron chi connectivity index (χ1n) is 11.4. The Bertz CT molecular complexity index is 1070. The average molecular weight is 467 g/mol. The van der Waals surface area contributed by atoms with Crippen molar-refractivity contribution in [3.05, 3.63) is 70.7 Å². The molecule has 1 aliphatic heterocycles. The number of imide groups is 1. The maximum absolute atomic E-state index is 13.7. The lowest BCUT2D eigenvalue weighted by atomic mass is 9.76. The lowest BCUT2D eigenvalue weighted by molar-refractivity contribution is -0.156. The van der Waals surface area contributed by atoms with E-state index < -0.39 is 35.6 Å². The van der Waals surface area contributed by atoms with Gasteiger partial charge in [-0.25, -0.2) is 5.01 Å². The molecule has 1 heterocycles. The van der Waals surface area contributed by atoms with Crippen LogP contribution in [-0.2, 0) is 9.59 Å². The molecule has 2 fully saturated rings. The van der Waals surface area contributed by atoms with Crippen molar-refractivity contribution in [2.45, 2.75) is 45.6 Å². The molecule has 33 heavy (non-hydrogen) atoms. The van der Waals surface area contributed by atoms with Crippen LogP contribution in [0.1, 0.15) is 60.2 Å². The Labute approximate surface area is 198 Å². The minimum atomic E-state index is -0.999. The number of hydrogen-bond donors (Lipinski definition) is 0. The number of ketones is 1. The van der Waals surface area contributed by atoms with Gasteiger partial charge in [0.2, 0.25) is 0 Å². The molecule has 6 nitrogen and oxygen atoms in total. The van der Waals surface area contributed by atoms with Crippen LogP contribution < -0.4 is 0 Å². The van der Waals surface area contributed by atoms with E-state index in [4.69, 9.17) is 11.6 Å². The smallest absolute Gasteiger partial charge is 0.273 e. The molecule has 1 saturated heterocycles. The number of carbonyl (C=O) groups excluding carboxylic acids is 4. The summed E-state index contributed by atoms with van der Waals surface area (Å²) in [6.07, 6.45) is 2.33. The predicted molar refractivity (Wildman–Crippen MR) is 124 cm³/mol. The van der Waals surface area contributed by atoms with Gasteiger partial charge in [-0.3, -0.25) is 19.2 Å². The monoisotopic (exact) mass is 466 g/mol. The summed E-state index contributed by atoms with van der Waals surface area (Å²) in [5.74, 6) is -2.24. The third kappa shape index (κ3) is 4.32. The van der Waals surface area contributed by atoms with Crippen LogP contribution in [0.25, 0.3) is 0 Å². The van der Waals surface area contributed by atoms with Crippen LogP contribution in [0.5, 0.6) is 0 Å². The summed E-state index contributed by atoms with van der Waals surface area (Å²) in [6.45, 7) is 3.84. The van der Waals surface area contributed by atoms with Crippen molar-refractivity contribution in [2.75, 3.05) is 0 Å². The SMILES string of the molecule is CC[C@H](C(=O)c1ccccc1)N(C(=O)c1ccc(Cl)cc1)N1C(=O)[C@H]2C[C@@H](C)CC[C@H]2C1=O. The summed E-state index contributed by atoms with van der Waals surface area (Å²) in [5, 5.41) is 2.53. The number of fused-ring (bicyclic) bond motifs is 1. The van der Waals surface area contributed by atoms with Crippen LogP contribution in [0, 0.1) is 17.8 Å². The number of hydrazine groups is 1. The molecule has 0 spiro atoms. The van der Waals surface area contributed by atoms with E-state index in [0.29, 0.717) is 29.3 Å². The summed E-state index contributed by atoms with van der Waals surface area (Å²) in [5.41, 5.74) is 0.672. The lowest BCUT2D eigenvalue weighted by Gasteiger charge is -2.36. The number of hydrogen-bond acceptors (Lipinski definition) is 4. The molecule has 0 unspecified atom stereocenters. The Morgan fingerprint density at radius 3 is 2.24 bits per heavy atom. The molecule has 2 aliphatic rings. The maximum Gasteiger partial charge on any atom is 0.273 e. The van der Waals surface area contributed by atoms with E-state index in [1.54, 1.807) is 49.4 Å². The van der Waals surface area contributed by atoms with Crippen LogP contribution >= 0.6 is 11.6 Å². The second-order valence-corrected chi connectivity index (χ2v) is 9.37. The van der Waals surface area contributed by atoms with Crippen molar-refractivity contribution < 1.29 is 19.2 Å². The molecule has 0 bridgehead atoms. The molecule has 1 saturated carbocycles. The van der Waals surface area contributed by atoms with Gasteiger partial charge in [-0.2, -0.15) is 5.01 Å². The first-order chi connectivity index (χ1) is 15.8. The number of benzene rings is 2. The third-order valence-corrected chi connectivity index (χ3v) is 6.97. The zero-order chi connectivity index (χ0) is 23.7. The fraction of sp³-hybridized carbons (Fsp3) is 0.385. The Kier molecular flexibility index (Phi) is 6.66. The number of Topliss-reactive ketones (excluding diaryl/α,β-unsaturated/α-hetero) is 1. The average Bonchev–Trinajstić information content (AvgIpc) is 3.06. The van der Waals surface area contributed by atoms with Crippen molar-refractivity contribution in [1.29, 1.82) is 0 Å². The standard InChI is InChI=1S/C26H27ClN2O4/c1-3-22(23(30)17-7-5-4-6-8-17)28(24(31)18-10-12-19(27)13-11-18)29-25(32)20-14-9-16(2)15-21(20)26(29)33/h4-8,10-13,16,20-22H,3,9,14-15H2,1-2H3/t16-,20+,21-,22+/m0/s1. The zero-order valence-corrected chi connectivity index (χ0v) is 19.5. The third-order valence-electron chi connectivity index (χ3n) is 6.72. The number of nitrogens with zero attached hydrogens (tertiary/aromatic N) is 2. The number of amides is 3. The topological polar surface area (TPSA) is 74.8 Å². The van der Waals surface area contributed by atoms with Crippen molar-refractivity contribution >= 4 is 35.1 Å². The lowest BCUT2D eigenvalue weighted by Crippen LogP contribution is -2.57. The Morgan fingerprint density at radius 1 is 0.970 bits per heavy atom. The van der Waals surface area contributed by atoms with Gasteiger partial charge < -0.3 is 0 Å². The Hall–Kier alpha value is -2.99. The number of rotatable bonds is 6. The predicted octanol–water partition coefficient (Wildman–Crippen LogP) is 4.78. The molecule has 4 rings (SSSR count). The molecule has 1 aliphatic carbocycles. The van der Waals surface area contributed by atoms with Crippen molar-refractivity contribution in [3.63, 3.8) is 0 Å². The quantitative estimate of drug-likeness (QED) is 0.453. The van der Waals surface area contributed by atoms with Crippen LogP contribution in [0.15, 0.2) is 54.6 Å². The van der Waals surface area contributed by atoms with Crippen molar-refractivity contribution in [2.24, 2.45) is 17.8 Å². The first kappa shape index (κ1) is 23.2. The molecule has 7 heteroatoms. The largest absolute Gasteiger partial charge is 0.292 e. The summed E-state index contributed by atoms with van der Waals surface area (Å²) in [7, 11) is 0.